The zero-order valence-electron chi connectivity index (χ0n) is 14.8. The number of hydrogen-bond acceptors (Lipinski definition) is 3. The lowest BCUT2D eigenvalue weighted by molar-refractivity contribution is 0.197. The molecule has 0 bridgehead atoms. The van der Waals surface area contributed by atoms with Gasteiger partial charge in [-0.1, -0.05) is 18.2 Å². The normalized spacial score (nSPS) is 17.9. The van der Waals surface area contributed by atoms with Crippen molar-refractivity contribution in [2.45, 2.75) is 25.3 Å². The molecule has 4 nitrogen and oxygen atoms in total. The fourth-order valence-electron chi connectivity index (χ4n) is 3.85. The molecule has 2 aromatic carbocycles. The van der Waals surface area contributed by atoms with Crippen LogP contribution in [0.3, 0.4) is 0 Å². The summed E-state index contributed by atoms with van der Waals surface area (Å²) in [6.07, 6.45) is 3.57. The van der Waals surface area contributed by atoms with E-state index in [2.05, 4.69) is 15.1 Å². The van der Waals surface area contributed by atoms with Gasteiger partial charge in [0.15, 0.2) is 0 Å². The topological polar surface area (TPSA) is 52.1 Å². The molecule has 1 aromatic heterocycles. The second-order valence-electron chi connectivity index (χ2n) is 7.02. The summed E-state index contributed by atoms with van der Waals surface area (Å²) in [5.74, 6) is -0.700. The number of nitrogens with zero attached hydrogens (tertiary/aromatic N) is 2. The van der Waals surface area contributed by atoms with E-state index in [4.69, 9.17) is 0 Å². The van der Waals surface area contributed by atoms with Crippen LogP contribution in [0.25, 0.3) is 11.1 Å². The SMILES string of the molecule is Oc1ccccc1CN1CCC[C@H](c2[nH]ncc2-c2ccc(F)cc2F)C1. The Morgan fingerprint density at radius 2 is 2.00 bits per heavy atom. The van der Waals surface area contributed by atoms with E-state index in [1.807, 2.05) is 18.2 Å². The van der Waals surface area contributed by atoms with Gasteiger partial charge in [-0.3, -0.25) is 10.00 Å². The average molecular weight is 369 g/mol. The Kier molecular flexibility index (Phi) is 4.90. The number of H-pyrrole nitrogens is 1. The van der Waals surface area contributed by atoms with Gasteiger partial charge in [-0.25, -0.2) is 8.78 Å². The van der Waals surface area contributed by atoms with E-state index < -0.39 is 11.6 Å². The van der Waals surface area contributed by atoms with Crippen LogP contribution >= 0.6 is 0 Å². The highest BCUT2D eigenvalue weighted by Crippen LogP contribution is 2.35. The van der Waals surface area contributed by atoms with Crippen molar-refractivity contribution in [1.29, 1.82) is 0 Å². The number of nitrogens with one attached hydrogen (secondary N) is 1. The molecule has 4 rings (SSSR count). The first-order valence-corrected chi connectivity index (χ1v) is 9.09. The smallest absolute Gasteiger partial charge is 0.134 e. The molecule has 2 N–H and O–H groups in total. The molecule has 6 heteroatoms. The van der Waals surface area contributed by atoms with Crippen molar-refractivity contribution < 1.29 is 13.9 Å². The number of rotatable bonds is 4. The van der Waals surface area contributed by atoms with Crippen molar-refractivity contribution in [3.63, 3.8) is 0 Å². The number of para-hydroxylation sites is 1. The molecule has 1 fully saturated rings. The van der Waals surface area contributed by atoms with E-state index in [1.165, 1.54) is 12.1 Å². The summed E-state index contributed by atoms with van der Waals surface area (Å²) < 4.78 is 27.5. The Labute approximate surface area is 156 Å². The van der Waals surface area contributed by atoms with Gasteiger partial charge in [0.1, 0.15) is 17.4 Å². The minimum Gasteiger partial charge on any atom is -0.508 e. The average Bonchev–Trinajstić information content (AvgIpc) is 3.13. The van der Waals surface area contributed by atoms with Gasteiger partial charge in [0.05, 0.1) is 6.20 Å². The van der Waals surface area contributed by atoms with Crippen molar-refractivity contribution in [2.75, 3.05) is 13.1 Å². The van der Waals surface area contributed by atoms with Crippen LogP contribution in [0.1, 0.15) is 30.0 Å². The minimum absolute atomic E-state index is 0.173. The fourth-order valence-corrected chi connectivity index (χ4v) is 3.85. The molecule has 0 radical (unpaired) electrons. The van der Waals surface area contributed by atoms with Gasteiger partial charge < -0.3 is 5.11 Å². The zero-order chi connectivity index (χ0) is 18.8. The molecule has 3 aromatic rings. The van der Waals surface area contributed by atoms with Crippen LogP contribution in [0, 0.1) is 11.6 Å². The number of likely N-dealkylation sites (tertiary alicyclic amines) is 1. The molecule has 2 heterocycles. The first-order chi connectivity index (χ1) is 13.1. The Balaban J connectivity index is 1.56. The maximum absolute atomic E-state index is 14.2. The predicted octanol–water partition coefficient (Wildman–Crippen LogP) is 4.44. The second kappa shape index (κ2) is 7.48. The number of hydrogen-bond donors (Lipinski definition) is 2. The van der Waals surface area contributed by atoms with E-state index >= 15 is 0 Å². The lowest BCUT2D eigenvalue weighted by atomic mass is 9.90. The molecule has 1 saturated heterocycles. The van der Waals surface area contributed by atoms with E-state index in [0.717, 1.165) is 43.3 Å². The molecule has 140 valence electrons. The van der Waals surface area contributed by atoms with Crippen molar-refractivity contribution in [2.24, 2.45) is 0 Å². The molecule has 0 unspecified atom stereocenters. The third-order valence-electron chi connectivity index (χ3n) is 5.19. The molecule has 0 aliphatic carbocycles. The summed E-state index contributed by atoms with van der Waals surface area (Å²) in [4.78, 5) is 2.29. The third-order valence-corrected chi connectivity index (χ3v) is 5.19. The molecule has 1 aliphatic rings. The predicted molar refractivity (Wildman–Crippen MR) is 99.3 cm³/mol. The maximum atomic E-state index is 14.2. The van der Waals surface area contributed by atoms with Gasteiger partial charge in [0.25, 0.3) is 0 Å². The molecule has 27 heavy (non-hydrogen) atoms. The number of halogens is 2. The molecular weight excluding hydrogens is 348 g/mol. The van der Waals surface area contributed by atoms with Gasteiger partial charge in [0.2, 0.25) is 0 Å². The third kappa shape index (κ3) is 3.71. The molecule has 0 saturated carbocycles. The summed E-state index contributed by atoms with van der Waals surface area (Å²) in [7, 11) is 0. The summed E-state index contributed by atoms with van der Waals surface area (Å²) in [5, 5.41) is 17.2. The van der Waals surface area contributed by atoms with Crippen LogP contribution in [-0.2, 0) is 6.54 Å². The highest BCUT2D eigenvalue weighted by molar-refractivity contribution is 5.66. The van der Waals surface area contributed by atoms with Crippen LogP contribution in [-0.4, -0.2) is 33.3 Å². The summed E-state index contributed by atoms with van der Waals surface area (Å²) in [5.41, 5.74) is 2.81. The van der Waals surface area contributed by atoms with Gasteiger partial charge in [-0.15, -0.1) is 0 Å². The Morgan fingerprint density at radius 3 is 2.81 bits per heavy atom. The second-order valence-corrected chi connectivity index (χ2v) is 7.02. The van der Waals surface area contributed by atoms with Gasteiger partial charge >= 0.3 is 0 Å². The standard InChI is InChI=1S/C21H21F2N3O/c22-16-7-8-17(19(23)10-16)18-11-24-25-21(18)15-5-3-9-26(13-15)12-14-4-1-2-6-20(14)27/h1-2,4,6-8,10-11,15,27H,3,5,9,12-13H2,(H,24,25)/t15-/m0/s1. The van der Waals surface area contributed by atoms with Gasteiger partial charge in [-0.05, 0) is 37.6 Å². The fraction of sp³-hybridized carbons (Fsp3) is 0.286. The maximum Gasteiger partial charge on any atom is 0.134 e. The largest absolute Gasteiger partial charge is 0.508 e. The molecule has 1 aliphatic heterocycles. The molecule has 1 atom stereocenters. The first kappa shape index (κ1) is 17.7. The van der Waals surface area contributed by atoms with E-state index in [0.29, 0.717) is 23.4 Å². The number of aromatic nitrogens is 2. The molecule has 0 amide bonds. The van der Waals surface area contributed by atoms with Crippen molar-refractivity contribution in [1.82, 2.24) is 15.1 Å². The van der Waals surface area contributed by atoms with Gasteiger partial charge in [-0.2, -0.15) is 5.10 Å². The van der Waals surface area contributed by atoms with Crippen molar-refractivity contribution >= 4 is 0 Å². The van der Waals surface area contributed by atoms with E-state index in [1.54, 1.807) is 12.3 Å². The van der Waals surface area contributed by atoms with E-state index in [9.17, 15) is 13.9 Å². The number of aromatic amines is 1. The summed E-state index contributed by atoms with van der Waals surface area (Å²) in [6, 6.07) is 11.0. The minimum atomic E-state index is -0.590. The van der Waals surface area contributed by atoms with Crippen molar-refractivity contribution in [3.8, 4) is 16.9 Å². The molecule has 0 spiro atoms. The number of piperidine rings is 1. The van der Waals surface area contributed by atoms with Crippen LogP contribution in [0.2, 0.25) is 0 Å². The lowest BCUT2D eigenvalue weighted by Crippen LogP contribution is -2.34. The van der Waals surface area contributed by atoms with Crippen LogP contribution in [0.4, 0.5) is 8.78 Å². The Hall–Kier alpha value is -2.73. The Morgan fingerprint density at radius 1 is 1.15 bits per heavy atom. The number of phenols is 1. The summed E-state index contributed by atoms with van der Waals surface area (Å²) >= 11 is 0. The highest BCUT2D eigenvalue weighted by Gasteiger charge is 2.26. The van der Waals surface area contributed by atoms with Gasteiger partial charge in [0, 0.05) is 47.5 Å². The molecular formula is C21H21F2N3O. The van der Waals surface area contributed by atoms with Crippen LogP contribution < -0.4 is 0 Å². The lowest BCUT2D eigenvalue weighted by Gasteiger charge is -2.32. The zero-order valence-corrected chi connectivity index (χ0v) is 14.8. The van der Waals surface area contributed by atoms with Crippen molar-refractivity contribution in [3.05, 3.63) is 71.6 Å². The summed E-state index contributed by atoms with van der Waals surface area (Å²) in [6.45, 7) is 2.39. The monoisotopic (exact) mass is 369 g/mol. The highest BCUT2D eigenvalue weighted by atomic mass is 19.1. The first-order valence-electron chi connectivity index (χ1n) is 9.09. The number of aromatic hydroxyl groups is 1. The van der Waals surface area contributed by atoms with Crippen LogP contribution in [0.5, 0.6) is 5.75 Å². The Bertz CT molecular complexity index is 941. The van der Waals surface area contributed by atoms with Crippen LogP contribution in [0.15, 0.2) is 48.7 Å². The van der Waals surface area contributed by atoms with E-state index in [-0.39, 0.29) is 5.92 Å². The quantitative estimate of drug-likeness (QED) is 0.715. The number of phenolic OH excluding ortho intramolecular Hbond substituents is 1. The number of benzene rings is 2.